The maximum absolute atomic E-state index is 12.4. The average molecular weight is 314 g/mol. The average Bonchev–Trinajstić information content (AvgIpc) is 3.09. The van der Waals surface area contributed by atoms with Crippen LogP contribution in [-0.4, -0.2) is 29.9 Å². The number of aryl methyl sites for hydroxylation is 1. The fourth-order valence-electron chi connectivity index (χ4n) is 4.01. The van der Waals surface area contributed by atoms with Crippen LogP contribution in [0.5, 0.6) is 0 Å². The third kappa shape index (κ3) is 4.49. The molecule has 0 aromatic heterocycles. The fourth-order valence-corrected chi connectivity index (χ4v) is 4.01. The van der Waals surface area contributed by atoms with Gasteiger partial charge in [-0.05, 0) is 43.7 Å². The Morgan fingerprint density at radius 2 is 1.83 bits per heavy atom. The van der Waals surface area contributed by atoms with E-state index in [-0.39, 0.29) is 0 Å². The van der Waals surface area contributed by atoms with E-state index >= 15 is 0 Å². The van der Waals surface area contributed by atoms with Crippen LogP contribution >= 0.6 is 0 Å². The highest BCUT2D eigenvalue weighted by Gasteiger charge is 2.24. The smallest absolute Gasteiger partial charge is 0.222 e. The molecule has 1 saturated heterocycles. The molecule has 0 unspecified atom stereocenters. The monoisotopic (exact) mass is 314 g/mol. The van der Waals surface area contributed by atoms with E-state index in [1.165, 1.54) is 36.9 Å². The Morgan fingerprint density at radius 1 is 1.13 bits per heavy atom. The van der Waals surface area contributed by atoms with E-state index in [9.17, 15) is 4.79 Å². The van der Waals surface area contributed by atoms with E-state index < -0.39 is 0 Å². The van der Waals surface area contributed by atoms with Crippen molar-refractivity contribution in [3.63, 3.8) is 0 Å². The maximum Gasteiger partial charge on any atom is 0.222 e. The number of carbonyl (C=O) groups excluding carboxylic acids is 1. The summed E-state index contributed by atoms with van der Waals surface area (Å²) >= 11 is 0. The second kappa shape index (κ2) is 7.85. The summed E-state index contributed by atoms with van der Waals surface area (Å²) in [5.41, 5.74) is 2.53. The molecule has 3 rings (SSSR count). The molecule has 2 aliphatic rings. The molecule has 1 heterocycles. The molecule has 1 aromatic carbocycles. The van der Waals surface area contributed by atoms with Gasteiger partial charge in [-0.25, -0.2) is 0 Å². The summed E-state index contributed by atoms with van der Waals surface area (Å²) in [6.45, 7) is 3.96. The number of carbonyl (C=O) groups is 1. The second-order valence-corrected chi connectivity index (χ2v) is 7.30. The molecule has 2 fully saturated rings. The normalized spacial score (nSPS) is 20.0. The van der Waals surface area contributed by atoms with Gasteiger partial charge in [-0.2, -0.15) is 0 Å². The highest BCUT2D eigenvalue weighted by molar-refractivity contribution is 5.76. The molecule has 0 spiro atoms. The number of rotatable bonds is 5. The second-order valence-electron chi connectivity index (χ2n) is 7.30. The first kappa shape index (κ1) is 16.4. The van der Waals surface area contributed by atoms with Crippen LogP contribution in [0.25, 0.3) is 0 Å². The van der Waals surface area contributed by atoms with E-state index in [0.29, 0.717) is 11.9 Å². The van der Waals surface area contributed by atoms with Crippen LogP contribution in [0.2, 0.25) is 0 Å². The Morgan fingerprint density at radius 3 is 2.52 bits per heavy atom. The summed E-state index contributed by atoms with van der Waals surface area (Å²) in [7, 11) is 0. The molecule has 23 heavy (non-hydrogen) atoms. The number of para-hydroxylation sites is 1. The molecule has 0 bridgehead atoms. The van der Waals surface area contributed by atoms with E-state index in [0.717, 1.165) is 44.7 Å². The van der Waals surface area contributed by atoms with Gasteiger partial charge in [-0.15, -0.1) is 0 Å². The molecule has 1 amide bonds. The molecular formula is C20H30N2O. The van der Waals surface area contributed by atoms with Crippen molar-refractivity contribution in [2.75, 3.05) is 18.4 Å². The van der Waals surface area contributed by atoms with Crippen molar-refractivity contribution in [1.29, 1.82) is 0 Å². The van der Waals surface area contributed by atoms with Gasteiger partial charge in [0.25, 0.3) is 0 Å². The third-order valence-electron chi connectivity index (χ3n) is 5.59. The number of benzene rings is 1. The summed E-state index contributed by atoms with van der Waals surface area (Å²) < 4.78 is 0. The van der Waals surface area contributed by atoms with Gasteiger partial charge in [0.1, 0.15) is 0 Å². The quantitative estimate of drug-likeness (QED) is 0.875. The molecule has 0 radical (unpaired) electrons. The molecule has 3 heteroatoms. The SMILES string of the molecule is Cc1ccccc1NC1CCN(C(=O)CCC2CCCC2)CC1. The van der Waals surface area contributed by atoms with Crippen LogP contribution in [0.15, 0.2) is 24.3 Å². The van der Waals surface area contributed by atoms with Gasteiger partial charge in [0.2, 0.25) is 5.91 Å². The fraction of sp³-hybridized carbons (Fsp3) is 0.650. The molecule has 1 aromatic rings. The van der Waals surface area contributed by atoms with Crippen LogP contribution in [0, 0.1) is 12.8 Å². The van der Waals surface area contributed by atoms with Gasteiger partial charge in [-0.1, -0.05) is 43.9 Å². The number of amides is 1. The van der Waals surface area contributed by atoms with Gasteiger partial charge in [-0.3, -0.25) is 4.79 Å². The van der Waals surface area contributed by atoms with Crippen LogP contribution in [0.1, 0.15) is 56.9 Å². The van der Waals surface area contributed by atoms with Gasteiger partial charge >= 0.3 is 0 Å². The highest BCUT2D eigenvalue weighted by atomic mass is 16.2. The van der Waals surface area contributed by atoms with Crippen LogP contribution < -0.4 is 5.32 Å². The minimum atomic E-state index is 0.381. The number of likely N-dealkylation sites (tertiary alicyclic amines) is 1. The minimum absolute atomic E-state index is 0.381. The highest BCUT2D eigenvalue weighted by Crippen LogP contribution is 2.29. The standard InChI is InChI=1S/C20H30N2O/c1-16-6-2-5-9-19(16)21-18-12-14-22(15-13-18)20(23)11-10-17-7-3-4-8-17/h2,5-6,9,17-18,21H,3-4,7-8,10-15H2,1H3. The Labute approximate surface area is 140 Å². The van der Waals surface area contributed by atoms with Crippen LogP contribution in [0.3, 0.4) is 0 Å². The summed E-state index contributed by atoms with van der Waals surface area (Å²) in [6.07, 6.45) is 9.42. The minimum Gasteiger partial charge on any atom is -0.382 e. The lowest BCUT2D eigenvalue weighted by molar-refractivity contribution is -0.132. The zero-order valence-corrected chi connectivity index (χ0v) is 14.4. The number of nitrogens with zero attached hydrogens (tertiary/aromatic N) is 1. The maximum atomic E-state index is 12.4. The van der Waals surface area contributed by atoms with E-state index in [1.54, 1.807) is 0 Å². The zero-order valence-electron chi connectivity index (χ0n) is 14.4. The number of nitrogens with one attached hydrogen (secondary N) is 1. The number of hydrogen-bond donors (Lipinski definition) is 1. The Kier molecular flexibility index (Phi) is 5.58. The summed E-state index contributed by atoms with van der Waals surface area (Å²) in [4.78, 5) is 14.5. The van der Waals surface area contributed by atoms with Crippen molar-refractivity contribution in [3.05, 3.63) is 29.8 Å². The van der Waals surface area contributed by atoms with Crippen molar-refractivity contribution >= 4 is 11.6 Å². The molecule has 126 valence electrons. The van der Waals surface area contributed by atoms with Crippen molar-refractivity contribution in [1.82, 2.24) is 4.90 Å². The molecule has 1 aliphatic heterocycles. The number of piperidine rings is 1. The predicted octanol–water partition coefficient (Wildman–Crippen LogP) is 4.37. The van der Waals surface area contributed by atoms with Crippen molar-refractivity contribution < 1.29 is 4.79 Å². The Balaban J connectivity index is 1.41. The lowest BCUT2D eigenvalue weighted by Crippen LogP contribution is -2.42. The lowest BCUT2D eigenvalue weighted by atomic mass is 10.00. The van der Waals surface area contributed by atoms with Crippen LogP contribution in [0.4, 0.5) is 5.69 Å². The molecule has 1 saturated carbocycles. The molecular weight excluding hydrogens is 284 g/mol. The number of hydrogen-bond acceptors (Lipinski definition) is 2. The lowest BCUT2D eigenvalue weighted by Gasteiger charge is -2.33. The Bertz CT molecular complexity index is 514. The van der Waals surface area contributed by atoms with Crippen molar-refractivity contribution in [2.45, 2.75) is 64.3 Å². The summed E-state index contributed by atoms with van der Waals surface area (Å²) in [6, 6.07) is 8.94. The largest absolute Gasteiger partial charge is 0.382 e. The number of anilines is 1. The van der Waals surface area contributed by atoms with Gasteiger partial charge < -0.3 is 10.2 Å². The Hall–Kier alpha value is -1.51. The molecule has 0 atom stereocenters. The van der Waals surface area contributed by atoms with E-state index in [4.69, 9.17) is 0 Å². The molecule has 1 aliphatic carbocycles. The molecule has 1 N–H and O–H groups in total. The van der Waals surface area contributed by atoms with Gasteiger partial charge in [0.05, 0.1) is 0 Å². The van der Waals surface area contributed by atoms with E-state index in [2.05, 4.69) is 41.4 Å². The van der Waals surface area contributed by atoms with Gasteiger partial charge in [0.15, 0.2) is 0 Å². The molecule has 3 nitrogen and oxygen atoms in total. The first-order valence-corrected chi connectivity index (χ1v) is 9.32. The van der Waals surface area contributed by atoms with Crippen LogP contribution in [-0.2, 0) is 4.79 Å². The zero-order chi connectivity index (χ0) is 16.1. The predicted molar refractivity (Wildman–Crippen MR) is 95.6 cm³/mol. The summed E-state index contributed by atoms with van der Waals surface area (Å²) in [5, 5.41) is 3.65. The van der Waals surface area contributed by atoms with Crippen molar-refractivity contribution in [3.8, 4) is 0 Å². The van der Waals surface area contributed by atoms with Gasteiger partial charge in [0, 0.05) is 31.2 Å². The topological polar surface area (TPSA) is 32.3 Å². The van der Waals surface area contributed by atoms with Crippen molar-refractivity contribution in [2.24, 2.45) is 5.92 Å². The first-order valence-electron chi connectivity index (χ1n) is 9.32. The summed E-state index contributed by atoms with van der Waals surface area (Å²) in [5.74, 6) is 1.20. The van der Waals surface area contributed by atoms with E-state index in [1.807, 2.05) is 0 Å². The third-order valence-corrected chi connectivity index (χ3v) is 5.59. The first-order chi connectivity index (χ1) is 11.2.